The molecule has 0 saturated carbocycles. The van der Waals surface area contributed by atoms with Crippen molar-refractivity contribution in [2.45, 2.75) is 19.6 Å². The second kappa shape index (κ2) is 5.35. The van der Waals surface area contributed by atoms with Crippen LogP contribution in [0.5, 0.6) is 0 Å². The molecule has 86 valence electrons. The number of nitrogens with two attached hydrogens (primary N) is 1. The lowest BCUT2D eigenvalue weighted by atomic mass is 10.4. The molecule has 0 atom stereocenters. The van der Waals surface area contributed by atoms with E-state index in [0.717, 1.165) is 16.4 Å². The molecule has 0 saturated heterocycles. The van der Waals surface area contributed by atoms with Crippen molar-refractivity contribution >= 4 is 22.7 Å². The van der Waals surface area contributed by atoms with Gasteiger partial charge in [-0.2, -0.15) is 0 Å². The van der Waals surface area contributed by atoms with E-state index in [1.807, 2.05) is 10.8 Å². The summed E-state index contributed by atoms with van der Waals surface area (Å²) < 4.78 is 0. The third-order valence-electron chi connectivity index (χ3n) is 1.97. The smallest absolute Gasteiger partial charge is 0.304 e. The molecule has 0 radical (unpaired) electrons. The molecule has 2 heterocycles. The molecule has 4 N–H and O–H groups in total. The molecule has 0 aromatic carbocycles. The fourth-order valence-electron chi connectivity index (χ4n) is 1.25. The summed E-state index contributed by atoms with van der Waals surface area (Å²) in [6, 6.07) is 0. The summed E-state index contributed by atoms with van der Waals surface area (Å²) in [4.78, 5) is 17.9. The summed E-state index contributed by atoms with van der Waals surface area (Å²) in [5, 5.41) is 7.97. The Hall–Kier alpha value is -1.02. The Bertz CT molecular complexity index is 501. The van der Waals surface area contributed by atoms with Gasteiger partial charge in [0.25, 0.3) is 0 Å². The van der Waals surface area contributed by atoms with Crippen LogP contribution >= 0.6 is 22.7 Å². The van der Waals surface area contributed by atoms with Crippen LogP contribution in [-0.4, -0.2) is 9.97 Å². The van der Waals surface area contributed by atoms with Gasteiger partial charge in [0.15, 0.2) is 0 Å². The van der Waals surface area contributed by atoms with Crippen molar-refractivity contribution in [1.29, 1.82) is 0 Å². The van der Waals surface area contributed by atoms with Gasteiger partial charge in [0.2, 0.25) is 0 Å². The lowest BCUT2D eigenvalue weighted by Crippen LogP contribution is -2.14. The van der Waals surface area contributed by atoms with Crippen molar-refractivity contribution in [1.82, 2.24) is 15.3 Å². The Morgan fingerprint density at radius 2 is 2.25 bits per heavy atom. The number of aromatic nitrogens is 2. The molecule has 0 fully saturated rings. The van der Waals surface area contributed by atoms with Gasteiger partial charge < -0.3 is 16.0 Å². The Morgan fingerprint density at radius 3 is 2.88 bits per heavy atom. The topological polar surface area (TPSA) is 83.8 Å². The van der Waals surface area contributed by atoms with E-state index in [-0.39, 0.29) is 4.87 Å². The lowest BCUT2D eigenvalue weighted by Gasteiger charge is -1.99. The monoisotopic (exact) mass is 256 g/mol. The van der Waals surface area contributed by atoms with E-state index in [0.29, 0.717) is 19.6 Å². The average Bonchev–Trinajstić information content (AvgIpc) is 2.88. The zero-order valence-corrected chi connectivity index (χ0v) is 10.2. The largest absolute Gasteiger partial charge is 0.325 e. The maximum atomic E-state index is 10.9. The molecule has 0 amide bonds. The van der Waals surface area contributed by atoms with Gasteiger partial charge in [0.1, 0.15) is 5.01 Å². The molecule has 0 aliphatic heterocycles. The van der Waals surface area contributed by atoms with Crippen molar-refractivity contribution in [2.24, 2.45) is 5.73 Å². The van der Waals surface area contributed by atoms with E-state index in [1.165, 1.54) is 11.3 Å². The molecule has 2 rings (SSSR count). The maximum Gasteiger partial charge on any atom is 0.304 e. The third kappa shape index (κ3) is 2.99. The van der Waals surface area contributed by atoms with Crippen molar-refractivity contribution in [2.75, 3.05) is 0 Å². The number of H-pyrrole nitrogens is 1. The normalized spacial score (nSPS) is 10.8. The van der Waals surface area contributed by atoms with Crippen LogP contribution in [0.15, 0.2) is 15.6 Å². The van der Waals surface area contributed by atoms with Crippen LogP contribution < -0.4 is 15.9 Å². The van der Waals surface area contributed by atoms with E-state index < -0.39 is 0 Å². The number of nitrogens with zero attached hydrogens (tertiary/aromatic N) is 1. The molecule has 5 nitrogen and oxygen atoms in total. The highest BCUT2D eigenvalue weighted by atomic mass is 32.1. The third-order valence-corrected chi connectivity index (χ3v) is 3.60. The molecule has 16 heavy (non-hydrogen) atoms. The first-order valence-corrected chi connectivity index (χ1v) is 6.54. The molecular formula is C9H12N4OS2. The van der Waals surface area contributed by atoms with Gasteiger partial charge >= 0.3 is 4.87 Å². The lowest BCUT2D eigenvalue weighted by molar-refractivity contribution is 0.670. The highest BCUT2D eigenvalue weighted by molar-refractivity contribution is 7.09. The van der Waals surface area contributed by atoms with Gasteiger partial charge in [-0.15, -0.1) is 11.3 Å². The van der Waals surface area contributed by atoms with Crippen LogP contribution in [0.1, 0.15) is 16.4 Å². The summed E-state index contributed by atoms with van der Waals surface area (Å²) in [6.07, 6.45) is 0. The Balaban J connectivity index is 1.81. The molecule has 2 aromatic heterocycles. The van der Waals surface area contributed by atoms with Crippen LogP contribution in [0.25, 0.3) is 0 Å². The van der Waals surface area contributed by atoms with Crippen molar-refractivity contribution in [3.63, 3.8) is 0 Å². The predicted molar refractivity (Wildman–Crippen MR) is 65.5 cm³/mol. The highest BCUT2D eigenvalue weighted by Gasteiger charge is 2.00. The molecule has 7 heteroatoms. The fourth-order valence-corrected chi connectivity index (χ4v) is 2.51. The maximum absolute atomic E-state index is 10.9. The zero-order valence-electron chi connectivity index (χ0n) is 8.53. The van der Waals surface area contributed by atoms with Gasteiger partial charge in [0.05, 0.1) is 5.69 Å². The first kappa shape index (κ1) is 11.5. The van der Waals surface area contributed by atoms with Crippen molar-refractivity contribution in [3.05, 3.63) is 36.8 Å². The Kier molecular flexibility index (Phi) is 3.83. The summed E-state index contributed by atoms with van der Waals surface area (Å²) in [6.45, 7) is 1.82. The molecule has 0 aliphatic carbocycles. The molecular weight excluding hydrogens is 244 g/mol. The number of hydrogen-bond acceptors (Lipinski definition) is 6. The minimum Gasteiger partial charge on any atom is -0.325 e. The summed E-state index contributed by atoms with van der Waals surface area (Å²) >= 11 is 2.75. The first-order valence-electron chi connectivity index (χ1n) is 4.78. The summed E-state index contributed by atoms with van der Waals surface area (Å²) in [5.41, 5.74) is 7.37. The van der Waals surface area contributed by atoms with Crippen LogP contribution in [0.2, 0.25) is 0 Å². The highest BCUT2D eigenvalue weighted by Crippen LogP contribution is 2.08. The van der Waals surface area contributed by atoms with Gasteiger partial charge in [0, 0.05) is 36.1 Å². The van der Waals surface area contributed by atoms with Crippen LogP contribution in [0.4, 0.5) is 0 Å². The average molecular weight is 256 g/mol. The van der Waals surface area contributed by atoms with Crippen LogP contribution in [-0.2, 0) is 19.6 Å². The molecule has 0 spiro atoms. The van der Waals surface area contributed by atoms with Gasteiger partial charge in [-0.05, 0) is 0 Å². The number of thiazole rings is 2. The van der Waals surface area contributed by atoms with E-state index in [1.54, 1.807) is 11.3 Å². The summed E-state index contributed by atoms with van der Waals surface area (Å²) in [7, 11) is 0. The molecule has 0 aliphatic rings. The van der Waals surface area contributed by atoms with Crippen molar-refractivity contribution in [3.8, 4) is 0 Å². The standard InChI is InChI=1S/C9H12N4OS2/c10-1-8-12-6(4-15-8)2-11-3-7-5-16-9(14)13-7/h4-5,11H,1-3,10H2,(H,13,14). The van der Waals surface area contributed by atoms with Crippen LogP contribution in [0.3, 0.4) is 0 Å². The van der Waals surface area contributed by atoms with Crippen molar-refractivity contribution < 1.29 is 0 Å². The molecule has 0 bridgehead atoms. The quantitative estimate of drug-likeness (QED) is 0.733. The van der Waals surface area contributed by atoms with Gasteiger partial charge in [-0.1, -0.05) is 11.3 Å². The second-order valence-corrected chi connectivity index (χ2v) is 5.00. The van der Waals surface area contributed by atoms with E-state index in [9.17, 15) is 4.79 Å². The minimum atomic E-state index is -0.0177. The van der Waals surface area contributed by atoms with E-state index in [4.69, 9.17) is 5.73 Å². The number of nitrogens with one attached hydrogen (secondary N) is 2. The summed E-state index contributed by atoms with van der Waals surface area (Å²) in [5.74, 6) is 0. The fraction of sp³-hybridized carbons (Fsp3) is 0.333. The molecule has 0 unspecified atom stereocenters. The van der Waals surface area contributed by atoms with Crippen LogP contribution in [0, 0.1) is 0 Å². The number of hydrogen-bond donors (Lipinski definition) is 3. The zero-order chi connectivity index (χ0) is 11.4. The SMILES string of the molecule is NCc1nc(CNCc2csc(=O)[nH]2)cs1. The Morgan fingerprint density at radius 1 is 1.38 bits per heavy atom. The number of rotatable bonds is 5. The van der Waals surface area contributed by atoms with Gasteiger partial charge in [-0.3, -0.25) is 4.79 Å². The number of aromatic amines is 1. The second-order valence-electron chi connectivity index (χ2n) is 3.21. The Labute approximate surface area is 100 Å². The van der Waals surface area contributed by atoms with Gasteiger partial charge in [-0.25, -0.2) is 4.98 Å². The van der Waals surface area contributed by atoms with E-state index >= 15 is 0 Å². The molecule has 2 aromatic rings. The minimum absolute atomic E-state index is 0.0177. The predicted octanol–water partition coefficient (Wildman–Crippen LogP) is 0.641. The van der Waals surface area contributed by atoms with E-state index in [2.05, 4.69) is 15.3 Å². The first-order chi connectivity index (χ1) is 7.78.